The van der Waals surface area contributed by atoms with Crippen molar-refractivity contribution in [2.24, 2.45) is 0 Å². The summed E-state index contributed by atoms with van der Waals surface area (Å²) < 4.78 is 5.10. The van der Waals surface area contributed by atoms with Gasteiger partial charge in [-0.05, 0) is 24.5 Å². The van der Waals surface area contributed by atoms with Gasteiger partial charge in [0.15, 0.2) is 0 Å². The van der Waals surface area contributed by atoms with Crippen LogP contribution in [0, 0.1) is 0 Å². The molecule has 0 amide bonds. The lowest BCUT2D eigenvalue weighted by Crippen LogP contribution is -2.40. The predicted molar refractivity (Wildman–Crippen MR) is 61.1 cm³/mol. The van der Waals surface area contributed by atoms with E-state index in [1.807, 2.05) is 0 Å². The number of fused-ring (bicyclic) bond motifs is 1. The van der Waals surface area contributed by atoms with Crippen molar-refractivity contribution in [2.75, 3.05) is 6.61 Å². The number of hydrogen-bond donors (Lipinski definition) is 1. The van der Waals surface area contributed by atoms with Crippen molar-refractivity contribution >= 4 is 9.47 Å². The molecule has 0 aliphatic carbocycles. The Morgan fingerprint density at radius 1 is 1.50 bits per heavy atom. The Morgan fingerprint density at radius 3 is 3.07 bits per heavy atom. The monoisotopic (exact) mass is 209 g/mol. The minimum Gasteiger partial charge on any atom is -0.364 e. The highest BCUT2D eigenvalue weighted by molar-refractivity contribution is 7.09. The Hall–Kier alpha value is -0.430. The van der Waals surface area contributed by atoms with Gasteiger partial charge in [0.2, 0.25) is 0 Å². The van der Waals surface area contributed by atoms with Crippen molar-refractivity contribution in [3.05, 3.63) is 35.4 Å². The molecule has 1 aliphatic heterocycles. The van der Waals surface area contributed by atoms with Crippen LogP contribution in [0.5, 0.6) is 0 Å². The molecule has 0 saturated carbocycles. The zero-order valence-corrected chi connectivity index (χ0v) is 9.52. The van der Waals surface area contributed by atoms with Gasteiger partial charge in [0.1, 0.15) is 0 Å². The van der Waals surface area contributed by atoms with Crippen LogP contribution in [0.3, 0.4) is 0 Å². The molecule has 1 N–H and O–H groups in total. The van der Waals surface area contributed by atoms with Crippen LogP contribution in [-0.2, 0) is 10.9 Å². The van der Waals surface area contributed by atoms with Crippen LogP contribution >= 0.6 is 9.47 Å². The van der Waals surface area contributed by atoms with E-state index in [0.717, 1.165) is 13.0 Å². The van der Waals surface area contributed by atoms with E-state index in [1.165, 1.54) is 11.1 Å². The summed E-state index contributed by atoms with van der Waals surface area (Å²) in [7, 11) is 2.31. The lowest BCUT2D eigenvalue weighted by Gasteiger charge is -2.30. The first-order valence-electron chi connectivity index (χ1n) is 4.97. The third-order valence-corrected chi connectivity index (χ3v) is 2.96. The molecule has 3 unspecified atom stereocenters. The zero-order chi connectivity index (χ0) is 9.97. The Balaban J connectivity index is 2.20. The third-order valence-electron chi connectivity index (χ3n) is 2.77. The second kappa shape index (κ2) is 4.39. The van der Waals surface area contributed by atoms with E-state index in [9.17, 15) is 0 Å². The van der Waals surface area contributed by atoms with E-state index in [4.69, 9.17) is 4.52 Å². The van der Waals surface area contributed by atoms with Crippen molar-refractivity contribution in [2.45, 2.75) is 25.4 Å². The Bertz CT molecular complexity index is 316. The molecule has 0 bridgehead atoms. The topological polar surface area (TPSA) is 21.3 Å². The van der Waals surface area contributed by atoms with E-state index in [1.54, 1.807) is 0 Å². The first-order chi connectivity index (χ1) is 6.81. The van der Waals surface area contributed by atoms with Crippen molar-refractivity contribution in [3.8, 4) is 0 Å². The molecule has 76 valence electrons. The van der Waals surface area contributed by atoms with E-state index < -0.39 is 0 Å². The highest BCUT2D eigenvalue weighted by atomic mass is 31.0. The standard InChI is InChI=1S/C11H16NOP/c1-8-11-5-3-2-4-9(11)6-10(12-8)7-13-14/h2-5,8,10,12H,6-7,14H2,1H3. The summed E-state index contributed by atoms with van der Waals surface area (Å²) in [5, 5.41) is 3.54. The molecule has 3 atom stereocenters. The molecule has 1 aromatic carbocycles. The molecular formula is C11H16NOP. The van der Waals surface area contributed by atoms with Crippen LogP contribution in [-0.4, -0.2) is 12.6 Å². The van der Waals surface area contributed by atoms with E-state index >= 15 is 0 Å². The fraction of sp³-hybridized carbons (Fsp3) is 0.455. The van der Waals surface area contributed by atoms with E-state index in [2.05, 4.69) is 46.0 Å². The van der Waals surface area contributed by atoms with Gasteiger partial charge in [-0.2, -0.15) is 0 Å². The summed E-state index contributed by atoms with van der Waals surface area (Å²) in [4.78, 5) is 0. The number of hydrogen-bond acceptors (Lipinski definition) is 2. The molecule has 1 aromatic rings. The predicted octanol–water partition coefficient (Wildman–Crippen LogP) is 2.07. The van der Waals surface area contributed by atoms with Crippen molar-refractivity contribution in [1.29, 1.82) is 0 Å². The molecule has 0 aromatic heterocycles. The van der Waals surface area contributed by atoms with Gasteiger partial charge in [0, 0.05) is 21.6 Å². The minimum absolute atomic E-state index is 0.435. The molecule has 14 heavy (non-hydrogen) atoms. The first-order valence-corrected chi connectivity index (χ1v) is 5.44. The zero-order valence-electron chi connectivity index (χ0n) is 8.36. The molecule has 0 radical (unpaired) electrons. The second-order valence-electron chi connectivity index (χ2n) is 3.82. The smallest absolute Gasteiger partial charge is 0.0658 e. The molecule has 2 nitrogen and oxygen atoms in total. The van der Waals surface area contributed by atoms with Crippen LogP contribution < -0.4 is 5.32 Å². The molecule has 0 spiro atoms. The van der Waals surface area contributed by atoms with Crippen LogP contribution in [0.15, 0.2) is 24.3 Å². The quantitative estimate of drug-likeness (QED) is 0.753. The van der Waals surface area contributed by atoms with Crippen molar-refractivity contribution in [1.82, 2.24) is 5.32 Å². The van der Waals surface area contributed by atoms with Crippen LogP contribution in [0.2, 0.25) is 0 Å². The maximum atomic E-state index is 5.10. The fourth-order valence-corrected chi connectivity index (χ4v) is 2.37. The van der Waals surface area contributed by atoms with Gasteiger partial charge in [-0.25, -0.2) is 0 Å². The van der Waals surface area contributed by atoms with Crippen LogP contribution in [0.1, 0.15) is 24.1 Å². The summed E-state index contributed by atoms with van der Waals surface area (Å²) in [5.74, 6) is 0. The maximum Gasteiger partial charge on any atom is 0.0658 e. The van der Waals surface area contributed by atoms with Gasteiger partial charge in [0.25, 0.3) is 0 Å². The Morgan fingerprint density at radius 2 is 2.29 bits per heavy atom. The number of benzene rings is 1. The first kappa shape index (κ1) is 10.1. The summed E-state index contributed by atoms with van der Waals surface area (Å²) >= 11 is 0. The molecule has 0 fully saturated rings. The van der Waals surface area contributed by atoms with Crippen LogP contribution in [0.4, 0.5) is 0 Å². The van der Waals surface area contributed by atoms with E-state index in [-0.39, 0.29) is 0 Å². The molecule has 2 rings (SSSR count). The number of rotatable bonds is 2. The summed E-state index contributed by atoms with van der Waals surface area (Å²) in [6.07, 6.45) is 1.06. The minimum atomic E-state index is 0.435. The normalized spacial score (nSPS) is 25.9. The van der Waals surface area contributed by atoms with Crippen LogP contribution in [0.25, 0.3) is 0 Å². The van der Waals surface area contributed by atoms with Gasteiger partial charge < -0.3 is 9.84 Å². The van der Waals surface area contributed by atoms with Gasteiger partial charge in [-0.15, -0.1) is 0 Å². The molecule has 0 saturated heterocycles. The summed E-state index contributed by atoms with van der Waals surface area (Å²) in [6, 6.07) is 9.49. The highest BCUT2D eigenvalue weighted by Crippen LogP contribution is 2.24. The van der Waals surface area contributed by atoms with Gasteiger partial charge in [-0.1, -0.05) is 24.3 Å². The Kier molecular flexibility index (Phi) is 3.17. The number of nitrogens with one attached hydrogen (secondary N) is 1. The Labute approximate surface area is 87.3 Å². The van der Waals surface area contributed by atoms with Crippen molar-refractivity contribution in [3.63, 3.8) is 0 Å². The molecular weight excluding hydrogens is 193 g/mol. The van der Waals surface area contributed by atoms with Gasteiger partial charge in [-0.3, -0.25) is 0 Å². The van der Waals surface area contributed by atoms with E-state index in [0.29, 0.717) is 12.1 Å². The maximum absolute atomic E-state index is 5.10. The lowest BCUT2D eigenvalue weighted by molar-refractivity contribution is 0.276. The SMILES string of the molecule is CC1NC(COP)Cc2ccccc21. The summed E-state index contributed by atoms with van der Waals surface area (Å²) in [5.41, 5.74) is 2.87. The average Bonchev–Trinajstić information content (AvgIpc) is 2.18. The van der Waals surface area contributed by atoms with Crippen molar-refractivity contribution < 1.29 is 4.52 Å². The fourth-order valence-electron chi connectivity index (χ4n) is 2.13. The molecule has 1 aliphatic rings. The molecule has 3 heteroatoms. The third kappa shape index (κ3) is 1.98. The summed E-state index contributed by atoms with van der Waals surface area (Å²) in [6.45, 7) is 2.96. The van der Waals surface area contributed by atoms with Gasteiger partial charge in [0.05, 0.1) is 6.61 Å². The molecule has 1 heterocycles. The lowest BCUT2D eigenvalue weighted by atomic mass is 9.91. The largest absolute Gasteiger partial charge is 0.364 e. The highest BCUT2D eigenvalue weighted by Gasteiger charge is 2.22. The van der Waals surface area contributed by atoms with Gasteiger partial charge >= 0.3 is 0 Å². The second-order valence-corrected chi connectivity index (χ2v) is 4.15. The average molecular weight is 209 g/mol.